The normalized spacial score (nSPS) is 12.1. The highest BCUT2D eigenvalue weighted by atomic mass is 32.2. The maximum Gasteiger partial charge on any atom is 0.225 e. The van der Waals surface area contributed by atoms with Crippen LogP contribution in [0, 0.1) is 0 Å². The van der Waals surface area contributed by atoms with E-state index in [1.165, 1.54) is 0 Å². The first kappa shape index (κ1) is 13.9. The Morgan fingerprint density at radius 3 is 2.82 bits per heavy atom. The molecule has 0 radical (unpaired) electrons. The van der Waals surface area contributed by atoms with Crippen LogP contribution in [0.3, 0.4) is 0 Å². The van der Waals surface area contributed by atoms with Crippen molar-refractivity contribution in [2.45, 2.75) is 31.9 Å². The third kappa shape index (κ3) is 5.13. The highest BCUT2D eigenvalue weighted by Gasteiger charge is 2.06. The highest BCUT2D eigenvalue weighted by molar-refractivity contribution is 7.99. The minimum atomic E-state index is 0.0266. The molecule has 0 heterocycles. The number of carbonyl (C=O) groups excluding carboxylic acids is 1. The van der Waals surface area contributed by atoms with Crippen LogP contribution in [0.25, 0.3) is 0 Å². The molecule has 1 amide bonds. The van der Waals surface area contributed by atoms with Gasteiger partial charge in [-0.3, -0.25) is 4.79 Å². The van der Waals surface area contributed by atoms with Gasteiger partial charge in [0.2, 0.25) is 5.91 Å². The Kier molecular flexibility index (Phi) is 5.91. The molecule has 1 aromatic carbocycles. The molecule has 0 fully saturated rings. The van der Waals surface area contributed by atoms with Gasteiger partial charge in [-0.1, -0.05) is 26.0 Å². The maximum absolute atomic E-state index is 11.7. The molecule has 0 saturated carbocycles. The average Bonchev–Trinajstić information content (AvgIpc) is 2.32. The summed E-state index contributed by atoms with van der Waals surface area (Å²) in [6.07, 6.45) is 1.67. The van der Waals surface area contributed by atoms with Gasteiger partial charge in [0.15, 0.2) is 0 Å². The fourth-order valence-corrected chi connectivity index (χ4v) is 2.24. The van der Waals surface area contributed by atoms with Crippen LogP contribution in [0.4, 0.5) is 11.4 Å². The van der Waals surface area contributed by atoms with Crippen molar-refractivity contribution in [2.24, 2.45) is 0 Å². The number of para-hydroxylation sites is 2. The van der Waals surface area contributed by atoms with Gasteiger partial charge < -0.3 is 11.1 Å². The molecule has 0 aromatic heterocycles. The Morgan fingerprint density at radius 2 is 2.18 bits per heavy atom. The lowest BCUT2D eigenvalue weighted by Gasteiger charge is -2.09. The maximum atomic E-state index is 11.7. The number of hydrogen-bond donors (Lipinski definition) is 2. The first-order valence-electron chi connectivity index (χ1n) is 5.89. The van der Waals surface area contributed by atoms with Gasteiger partial charge in [-0.05, 0) is 18.6 Å². The third-order valence-electron chi connectivity index (χ3n) is 2.54. The molecule has 0 aliphatic carbocycles. The van der Waals surface area contributed by atoms with Crippen LogP contribution in [0.2, 0.25) is 0 Å². The second-order valence-electron chi connectivity index (χ2n) is 3.98. The van der Waals surface area contributed by atoms with E-state index in [1.54, 1.807) is 6.07 Å². The third-order valence-corrected chi connectivity index (χ3v) is 3.88. The van der Waals surface area contributed by atoms with Crippen LogP contribution in [0.5, 0.6) is 0 Å². The summed E-state index contributed by atoms with van der Waals surface area (Å²) in [5.41, 5.74) is 7.05. The summed E-state index contributed by atoms with van der Waals surface area (Å²) in [7, 11) is 0. The van der Waals surface area contributed by atoms with Crippen molar-refractivity contribution in [1.29, 1.82) is 0 Å². The minimum Gasteiger partial charge on any atom is -0.397 e. The second-order valence-corrected chi connectivity index (χ2v) is 5.52. The molecule has 0 aliphatic rings. The zero-order chi connectivity index (χ0) is 12.7. The van der Waals surface area contributed by atoms with Crippen LogP contribution in [0.1, 0.15) is 26.7 Å². The topological polar surface area (TPSA) is 55.1 Å². The number of rotatable bonds is 6. The number of benzene rings is 1. The monoisotopic (exact) mass is 252 g/mol. The molecule has 94 valence electrons. The molecular formula is C13H20N2OS. The lowest BCUT2D eigenvalue weighted by Crippen LogP contribution is -2.14. The van der Waals surface area contributed by atoms with E-state index in [-0.39, 0.29) is 5.91 Å². The predicted octanol–water partition coefficient (Wildman–Crippen LogP) is 3.13. The Bertz CT molecular complexity index is 368. The first-order valence-corrected chi connectivity index (χ1v) is 6.94. The molecule has 0 saturated heterocycles. The predicted molar refractivity (Wildman–Crippen MR) is 76.3 cm³/mol. The lowest BCUT2D eigenvalue weighted by atomic mass is 10.2. The van der Waals surface area contributed by atoms with E-state index < -0.39 is 0 Å². The Morgan fingerprint density at radius 1 is 1.47 bits per heavy atom. The Labute approximate surface area is 107 Å². The lowest BCUT2D eigenvalue weighted by molar-refractivity contribution is -0.115. The van der Waals surface area contributed by atoms with E-state index in [1.807, 2.05) is 30.0 Å². The van der Waals surface area contributed by atoms with Crippen LogP contribution >= 0.6 is 11.8 Å². The van der Waals surface area contributed by atoms with Gasteiger partial charge >= 0.3 is 0 Å². The summed E-state index contributed by atoms with van der Waals surface area (Å²) in [5.74, 6) is 0.881. The summed E-state index contributed by atoms with van der Waals surface area (Å²) < 4.78 is 0. The fourth-order valence-electron chi connectivity index (χ4n) is 1.29. The molecule has 1 unspecified atom stereocenters. The van der Waals surface area contributed by atoms with Crippen molar-refractivity contribution >= 4 is 29.0 Å². The van der Waals surface area contributed by atoms with Gasteiger partial charge in [0.05, 0.1) is 11.4 Å². The highest BCUT2D eigenvalue weighted by Crippen LogP contribution is 2.18. The van der Waals surface area contributed by atoms with Crippen LogP contribution in [0.15, 0.2) is 24.3 Å². The Hall–Kier alpha value is -1.16. The zero-order valence-corrected chi connectivity index (χ0v) is 11.2. The second kappa shape index (κ2) is 7.22. The van der Waals surface area contributed by atoms with Crippen LogP contribution in [-0.2, 0) is 4.79 Å². The molecule has 0 aliphatic heterocycles. The standard InChI is InChI=1S/C13H20N2OS/c1-3-10(2)17-9-8-13(16)15-12-7-5-4-6-11(12)14/h4-7,10H,3,8-9,14H2,1-2H3,(H,15,16). The molecule has 1 atom stereocenters. The number of hydrogen-bond acceptors (Lipinski definition) is 3. The van der Waals surface area contributed by atoms with E-state index in [0.29, 0.717) is 23.0 Å². The fraction of sp³-hybridized carbons (Fsp3) is 0.462. The summed E-state index contributed by atoms with van der Waals surface area (Å²) in [5, 5.41) is 3.44. The number of carbonyl (C=O) groups is 1. The average molecular weight is 252 g/mol. The SMILES string of the molecule is CCC(C)SCCC(=O)Nc1ccccc1N. The number of nitrogens with two attached hydrogens (primary N) is 1. The molecule has 0 spiro atoms. The molecule has 1 rings (SSSR count). The van der Waals surface area contributed by atoms with Crippen LogP contribution in [-0.4, -0.2) is 16.9 Å². The molecule has 1 aromatic rings. The number of nitrogen functional groups attached to an aromatic ring is 1. The minimum absolute atomic E-state index is 0.0266. The van der Waals surface area contributed by atoms with Gasteiger partial charge in [-0.25, -0.2) is 0 Å². The number of thioether (sulfide) groups is 1. The van der Waals surface area contributed by atoms with Gasteiger partial charge in [0.1, 0.15) is 0 Å². The molecular weight excluding hydrogens is 232 g/mol. The first-order chi connectivity index (χ1) is 8.13. The van der Waals surface area contributed by atoms with Gasteiger partial charge in [-0.2, -0.15) is 11.8 Å². The molecule has 0 bridgehead atoms. The van der Waals surface area contributed by atoms with Gasteiger partial charge in [0, 0.05) is 17.4 Å². The van der Waals surface area contributed by atoms with Crippen molar-refractivity contribution in [2.75, 3.05) is 16.8 Å². The molecule has 17 heavy (non-hydrogen) atoms. The quantitative estimate of drug-likeness (QED) is 0.765. The summed E-state index contributed by atoms with van der Waals surface area (Å²) >= 11 is 1.83. The van der Waals surface area contributed by atoms with E-state index in [9.17, 15) is 4.79 Å². The van der Waals surface area contributed by atoms with Gasteiger partial charge in [-0.15, -0.1) is 0 Å². The van der Waals surface area contributed by atoms with Crippen molar-refractivity contribution in [3.63, 3.8) is 0 Å². The summed E-state index contributed by atoms with van der Waals surface area (Å²) in [4.78, 5) is 11.7. The van der Waals surface area contributed by atoms with E-state index in [2.05, 4.69) is 19.2 Å². The van der Waals surface area contributed by atoms with E-state index in [4.69, 9.17) is 5.73 Å². The van der Waals surface area contributed by atoms with Crippen molar-refractivity contribution in [1.82, 2.24) is 0 Å². The van der Waals surface area contributed by atoms with Crippen LogP contribution < -0.4 is 11.1 Å². The number of anilines is 2. The summed E-state index contributed by atoms with van der Waals surface area (Å²) in [6.45, 7) is 4.33. The van der Waals surface area contributed by atoms with E-state index in [0.717, 1.165) is 12.2 Å². The molecule has 3 N–H and O–H groups in total. The largest absolute Gasteiger partial charge is 0.397 e. The Balaban J connectivity index is 2.33. The number of nitrogens with one attached hydrogen (secondary N) is 1. The molecule has 4 heteroatoms. The van der Waals surface area contributed by atoms with E-state index >= 15 is 0 Å². The van der Waals surface area contributed by atoms with Crippen molar-refractivity contribution < 1.29 is 4.79 Å². The summed E-state index contributed by atoms with van der Waals surface area (Å²) in [6, 6.07) is 7.31. The molecule has 3 nitrogen and oxygen atoms in total. The van der Waals surface area contributed by atoms with Crippen molar-refractivity contribution in [3.8, 4) is 0 Å². The smallest absolute Gasteiger partial charge is 0.225 e. The zero-order valence-electron chi connectivity index (χ0n) is 10.4. The van der Waals surface area contributed by atoms with Crippen molar-refractivity contribution in [3.05, 3.63) is 24.3 Å². The van der Waals surface area contributed by atoms with Gasteiger partial charge in [0.25, 0.3) is 0 Å². The number of amides is 1.